The van der Waals surface area contributed by atoms with E-state index in [1.54, 1.807) is 25.4 Å². The van der Waals surface area contributed by atoms with Crippen molar-refractivity contribution >= 4 is 6.29 Å². The third kappa shape index (κ3) is 2.69. The van der Waals surface area contributed by atoms with Crippen LogP contribution in [-0.2, 0) is 0 Å². The third-order valence-corrected chi connectivity index (χ3v) is 3.18. The zero-order valence-corrected chi connectivity index (χ0v) is 11.4. The van der Waals surface area contributed by atoms with Gasteiger partial charge in [-0.3, -0.25) is 9.78 Å². The smallest absolute Gasteiger partial charge is 0.185 e. The molecule has 104 valence electrons. The molecule has 0 saturated heterocycles. The highest BCUT2D eigenvalue weighted by atomic mass is 16.5. The molecule has 4 heteroatoms. The number of rotatable bonds is 4. The van der Waals surface area contributed by atoms with Crippen molar-refractivity contribution in [3.8, 4) is 28.3 Å². The summed E-state index contributed by atoms with van der Waals surface area (Å²) in [4.78, 5) is 15.0. The summed E-state index contributed by atoms with van der Waals surface area (Å²) in [6.45, 7) is 0. The highest BCUT2D eigenvalue weighted by Crippen LogP contribution is 2.25. The zero-order valence-electron chi connectivity index (χ0n) is 11.4. The molecule has 0 aliphatic heterocycles. The second-order valence-corrected chi connectivity index (χ2v) is 4.48. The molecule has 0 amide bonds. The predicted molar refractivity (Wildman–Crippen MR) is 79.3 cm³/mol. The van der Waals surface area contributed by atoms with E-state index in [0.717, 1.165) is 16.9 Å². The number of benzene rings is 1. The first-order valence-electron chi connectivity index (χ1n) is 6.46. The first-order valence-corrected chi connectivity index (χ1v) is 6.46. The van der Waals surface area contributed by atoms with Crippen LogP contribution in [0.4, 0.5) is 0 Å². The van der Waals surface area contributed by atoms with E-state index in [0.29, 0.717) is 23.5 Å². The Morgan fingerprint density at radius 2 is 1.76 bits per heavy atom. The van der Waals surface area contributed by atoms with E-state index in [1.807, 2.05) is 36.4 Å². The summed E-state index contributed by atoms with van der Waals surface area (Å²) in [6.07, 6.45) is 2.45. The minimum atomic E-state index is 0.297. The fourth-order valence-electron chi connectivity index (χ4n) is 2.05. The molecule has 0 saturated carbocycles. The first-order chi connectivity index (χ1) is 10.3. The monoisotopic (exact) mass is 279 g/mol. The van der Waals surface area contributed by atoms with Gasteiger partial charge in [0.25, 0.3) is 0 Å². The van der Waals surface area contributed by atoms with Crippen molar-refractivity contribution in [3.63, 3.8) is 0 Å². The number of aldehydes is 1. The molecule has 2 heterocycles. The van der Waals surface area contributed by atoms with E-state index >= 15 is 0 Å². The van der Waals surface area contributed by atoms with Gasteiger partial charge in [0.1, 0.15) is 11.4 Å². The number of ether oxygens (including phenoxy) is 1. The number of carbonyl (C=O) groups is 1. The van der Waals surface area contributed by atoms with Gasteiger partial charge in [-0.05, 0) is 35.9 Å². The Labute approximate surface area is 122 Å². The van der Waals surface area contributed by atoms with Gasteiger partial charge in [0, 0.05) is 11.8 Å². The molecule has 0 atom stereocenters. The van der Waals surface area contributed by atoms with Crippen LogP contribution in [0.3, 0.4) is 0 Å². The maximum atomic E-state index is 10.6. The average molecular weight is 279 g/mol. The Bertz CT molecular complexity index is 742. The minimum Gasteiger partial charge on any atom is -0.497 e. The average Bonchev–Trinajstić information content (AvgIpc) is 3.04. The third-order valence-electron chi connectivity index (χ3n) is 3.18. The van der Waals surface area contributed by atoms with Crippen molar-refractivity contribution in [3.05, 3.63) is 60.5 Å². The molecule has 0 spiro atoms. The van der Waals surface area contributed by atoms with Gasteiger partial charge in [0.05, 0.1) is 7.11 Å². The molecule has 21 heavy (non-hydrogen) atoms. The highest BCUT2D eigenvalue weighted by Gasteiger charge is 2.06. The fraction of sp³-hybridized carbons (Fsp3) is 0.0588. The van der Waals surface area contributed by atoms with E-state index < -0.39 is 0 Å². The maximum absolute atomic E-state index is 10.6. The summed E-state index contributed by atoms with van der Waals surface area (Å²) in [5.74, 6) is 1.70. The van der Waals surface area contributed by atoms with Crippen LogP contribution in [0.15, 0.2) is 59.1 Å². The number of pyridine rings is 1. The molecule has 0 aliphatic carbocycles. The van der Waals surface area contributed by atoms with Crippen LogP contribution in [0.2, 0.25) is 0 Å². The lowest BCUT2D eigenvalue weighted by molar-refractivity contribution is 0.110. The summed E-state index contributed by atoms with van der Waals surface area (Å²) < 4.78 is 10.5. The van der Waals surface area contributed by atoms with E-state index in [-0.39, 0.29) is 0 Å². The molecule has 3 aromatic rings. The number of hydrogen-bond acceptors (Lipinski definition) is 4. The van der Waals surface area contributed by atoms with Gasteiger partial charge in [0.15, 0.2) is 17.8 Å². The Morgan fingerprint density at radius 3 is 2.33 bits per heavy atom. The van der Waals surface area contributed by atoms with Gasteiger partial charge in [-0.1, -0.05) is 18.2 Å². The number of carbonyl (C=O) groups excluding carboxylic acids is 1. The quantitative estimate of drug-likeness (QED) is 0.681. The Kier molecular flexibility index (Phi) is 3.51. The number of furan rings is 1. The fourth-order valence-corrected chi connectivity index (χ4v) is 2.05. The normalized spacial score (nSPS) is 10.3. The lowest BCUT2D eigenvalue weighted by Gasteiger charge is -2.04. The van der Waals surface area contributed by atoms with Crippen LogP contribution < -0.4 is 4.74 Å². The second kappa shape index (κ2) is 5.63. The van der Waals surface area contributed by atoms with Crippen molar-refractivity contribution in [2.75, 3.05) is 7.11 Å². The van der Waals surface area contributed by atoms with Gasteiger partial charge in [-0.25, -0.2) is 0 Å². The summed E-state index contributed by atoms with van der Waals surface area (Å²) in [6, 6.07) is 15.0. The van der Waals surface area contributed by atoms with Crippen molar-refractivity contribution in [2.24, 2.45) is 0 Å². The molecular weight excluding hydrogens is 266 g/mol. The van der Waals surface area contributed by atoms with Gasteiger partial charge in [-0.2, -0.15) is 0 Å². The second-order valence-electron chi connectivity index (χ2n) is 4.48. The van der Waals surface area contributed by atoms with Gasteiger partial charge in [-0.15, -0.1) is 0 Å². The van der Waals surface area contributed by atoms with Crippen molar-refractivity contribution < 1.29 is 13.9 Å². The van der Waals surface area contributed by atoms with E-state index in [2.05, 4.69) is 4.98 Å². The largest absolute Gasteiger partial charge is 0.497 e. The number of hydrogen-bond donors (Lipinski definition) is 0. The highest BCUT2D eigenvalue weighted by molar-refractivity contribution is 5.72. The van der Waals surface area contributed by atoms with Crippen LogP contribution in [0, 0.1) is 0 Å². The molecular formula is C17H13NO3. The van der Waals surface area contributed by atoms with E-state index in [1.165, 1.54) is 0 Å². The number of aromatic nitrogens is 1. The summed E-state index contributed by atoms with van der Waals surface area (Å²) in [5, 5.41) is 0. The topological polar surface area (TPSA) is 52.3 Å². The molecule has 0 fully saturated rings. The molecule has 0 unspecified atom stereocenters. The Balaban J connectivity index is 1.87. The zero-order chi connectivity index (χ0) is 14.7. The van der Waals surface area contributed by atoms with Crippen molar-refractivity contribution in [1.29, 1.82) is 0 Å². The van der Waals surface area contributed by atoms with Gasteiger partial charge >= 0.3 is 0 Å². The lowest BCUT2D eigenvalue weighted by Crippen LogP contribution is -1.85. The molecule has 0 radical (unpaired) electrons. The SMILES string of the molecule is COc1ccc(-c2ccc(-c3ccc(C=O)o3)nc2)cc1. The Hall–Kier alpha value is -2.88. The van der Waals surface area contributed by atoms with Crippen LogP contribution in [0.1, 0.15) is 10.6 Å². The lowest BCUT2D eigenvalue weighted by atomic mass is 10.1. The molecule has 0 N–H and O–H groups in total. The van der Waals surface area contributed by atoms with Gasteiger partial charge in [0.2, 0.25) is 0 Å². The van der Waals surface area contributed by atoms with Crippen LogP contribution in [-0.4, -0.2) is 18.4 Å². The number of methoxy groups -OCH3 is 1. The van der Waals surface area contributed by atoms with Crippen molar-refractivity contribution in [2.45, 2.75) is 0 Å². The summed E-state index contributed by atoms with van der Waals surface area (Å²) >= 11 is 0. The van der Waals surface area contributed by atoms with Crippen LogP contribution in [0.25, 0.3) is 22.6 Å². The van der Waals surface area contributed by atoms with Crippen LogP contribution in [0.5, 0.6) is 5.75 Å². The molecule has 4 nitrogen and oxygen atoms in total. The predicted octanol–water partition coefficient (Wildman–Crippen LogP) is 3.83. The Morgan fingerprint density at radius 1 is 1.00 bits per heavy atom. The first kappa shape index (κ1) is 13.1. The molecule has 0 bridgehead atoms. The number of nitrogens with zero attached hydrogens (tertiary/aromatic N) is 1. The van der Waals surface area contributed by atoms with E-state index in [9.17, 15) is 4.79 Å². The van der Waals surface area contributed by atoms with Gasteiger partial charge < -0.3 is 9.15 Å². The molecule has 1 aromatic carbocycles. The maximum Gasteiger partial charge on any atom is 0.185 e. The standard InChI is InChI=1S/C17H13NO3/c1-20-14-5-2-12(3-6-14)13-4-8-16(18-10-13)17-9-7-15(11-19)21-17/h2-11H,1H3. The molecule has 3 rings (SSSR count). The van der Waals surface area contributed by atoms with Crippen molar-refractivity contribution in [1.82, 2.24) is 4.98 Å². The minimum absolute atomic E-state index is 0.297. The van der Waals surface area contributed by atoms with E-state index in [4.69, 9.17) is 9.15 Å². The molecule has 0 aliphatic rings. The summed E-state index contributed by atoms with van der Waals surface area (Å²) in [7, 11) is 1.64. The van der Waals surface area contributed by atoms with Crippen LogP contribution >= 0.6 is 0 Å². The summed E-state index contributed by atoms with van der Waals surface area (Å²) in [5.41, 5.74) is 2.76. The molecule has 2 aromatic heterocycles.